The maximum Gasteiger partial charge on any atom is 0.132 e. The molecule has 1 rings (SSSR count). The highest BCUT2D eigenvalue weighted by Crippen LogP contribution is 2.24. The van der Waals surface area contributed by atoms with Gasteiger partial charge >= 0.3 is 0 Å². The first-order valence-electron chi connectivity index (χ1n) is 5.41. The Bertz CT molecular complexity index is 296. The quantitative estimate of drug-likeness (QED) is 0.526. The summed E-state index contributed by atoms with van der Waals surface area (Å²) in [6.45, 7) is 1.62. The predicted molar refractivity (Wildman–Crippen MR) is 70.4 cm³/mol. The van der Waals surface area contributed by atoms with Gasteiger partial charge in [-0.1, -0.05) is 6.07 Å². The number of Topliss-reactive ketones (excluding diaryl/α,β-unsaturated/α-hetero) is 1. The zero-order valence-electron chi connectivity index (χ0n) is 9.77. The molecule has 1 aromatic heterocycles. The normalized spacial score (nSPS) is 12.6. The number of methoxy groups -OCH3 is 1. The molecule has 0 fully saturated rings. The number of hydrogen-bond acceptors (Lipinski definition) is 4. The van der Waals surface area contributed by atoms with Gasteiger partial charge < -0.3 is 4.74 Å². The Kier molecular flexibility index (Phi) is 6.76. The van der Waals surface area contributed by atoms with Gasteiger partial charge in [0.1, 0.15) is 5.78 Å². The molecule has 0 saturated carbocycles. The van der Waals surface area contributed by atoms with E-state index in [1.165, 1.54) is 4.21 Å². The molecule has 2 nitrogen and oxygen atoms in total. The van der Waals surface area contributed by atoms with Gasteiger partial charge in [0.05, 0.1) is 10.3 Å². The predicted octanol–water partition coefficient (Wildman–Crippen LogP) is 3.61. The van der Waals surface area contributed by atoms with E-state index in [9.17, 15) is 4.79 Å². The topological polar surface area (TPSA) is 26.3 Å². The van der Waals surface area contributed by atoms with Crippen LogP contribution in [0.2, 0.25) is 0 Å². The summed E-state index contributed by atoms with van der Waals surface area (Å²) in [7, 11) is 1.68. The molecule has 4 heteroatoms. The van der Waals surface area contributed by atoms with Crippen LogP contribution in [0.1, 0.15) is 26.2 Å². The lowest BCUT2D eigenvalue weighted by Crippen LogP contribution is -2.14. The van der Waals surface area contributed by atoms with Gasteiger partial charge in [-0.05, 0) is 37.0 Å². The minimum Gasteiger partial charge on any atom is -0.381 e. The molecule has 0 aliphatic heterocycles. The van der Waals surface area contributed by atoms with Crippen molar-refractivity contribution in [1.29, 1.82) is 0 Å². The van der Waals surface area contributed by atoms with E-state index in [2.05, 4.69) is 17.5 Å². The summed E-state index contributed by atoms with van der Waals surface area (Å²) in [6.07, 6.45) is 2.70. The van der Waals surface area contributed by atoms with E-state index < -0.39 is 0 Å². The van der Waals surface area contributed by atoms with E-state index in [1.807, 2.05) is 11.8 Å². The molecule has 1 unspecified atom stereocenters. The second kappa shape index (κ2) is 7.87. The molecule has 0 spiro atoms. The molecule has 0 radical (unpaired) electrons. The lowest BCUT2D eigenvalue weighted by Gasteiger charge is -2.12. The van der Waals surface area contributed by atoms with Crippen molar-refractivity contribution in [2.24, 2.45) is 0 Å². The monoisotopic (exact) mass is 258 g/mol. The van der Waals surface area contributed by atoms with Crippen LogP contribution in [0.4, 0.5) is 0 Å². The standard InChI is InChI=1S/C12H18O2S2/c1-10(13)9-11(14-2)5-3-7-15-12-6-4-8-16-12/h4,6,8,11H,3,5,7,9H2,1-2H3. The minimum absolute atomic E-state index is 0.0986. The van der Waals surface area contributed by atoms with Crippen molar-refractivity contribution in [3.05, 3.63) is 17.5 Å². The molecule has 0 aromatic carbocycles. The van der Waals surface area contributed by atoms with Gasteiger partial charge in [-0.3, -0.25) is 4.79 Å². The molecule has 90 valence electrons. The maximum atomic E-state index is 10.9. The van der Waals surface area contributed by atoms with Crippen LogP contribution in [0.15, 0.2) is 21.7 Å². The molecule has 0 amide bonds. The van der Waals surface area contributed by atoms with E-state index in [4.69, 9.17) is 4.74 Å². The van der Waals surface area contributed by atoms with Crippen molar-refractivity contribution in [3.8, 4) is 0 Å². The average Bonchev–Trinajstić information content (AvgIpc) is 2.74. The smallest absolute Gasteiger partial charge is 0.132 e. The second-order valence-electron chi connectivity index (χ2n) is 3.69. The Balaban J connectivity index is 2.11. The number of carbonyl (C=O) groups is 1. The van der Waals surface area contributed by atoms with Gasteiger partial charge in [0, 0.05) is 13.5 Å². The Labute approximate surface area is 105 Å². The fraction of sp³-hybridized carbons (Fsp3) is 0.583. The maximum absolute atomic E-state index is 10.9. The molecule has 1 atom stereocenters. The number of ether oxygens (including phenoxy) is 1. The number of thiophene rings is 1. The van der Waals surface area contributed by atoms with Gasteiger partial charge in [0.25, 0.3) is 0 Å². The summed E-state index contributed by atoms with van der Waals surface area (Å²) in [6, 6.07) is 4.21. The summed E-state index contributed by atoms with van der Waals surface area (Å²) >= 11 is 3.65. The molecule has 16 heavy (non-hydrogen) atoms. The zero-order chi connectivity index (χ0) is 11.8. The number of rotatable bonds is 8. The third kappa shape index (κ3) is 5.68. The van der Waals surface area contributed by atoms with E-state index in [-0.39, 0.29) is 11.9 Å². The molecule has 0 saturated heterocycles. The Morgan fingerprint density at radius 2 is 2.44 bits per heavy atom. The second-order valence-corrected chi connectivity index (χ2v) is 6.03. The van der Waals surface area contributed by atoms with Crippen molar-refractivity contribution in [1.82, 2.24) is 0 Å². The van der Waals surface area contributed by atoms with Crippen LogP contribution in [0.3, 0.4) is 0 Å². The van der Waals surface area contributed by atoms with Crippen molar-refractivity contribution < 1.29 is 9.53 Å². The molecular weight excluding hydrogens is 240 g/mol. The van der Waals surface area contributed by atoms with Gasteiger partial charge in [-0.2, -0.15) is 0 Å². The van der Waals surface area contributed by atoms with Gasteiger partial charge in [0.2, 0.25) is 0 Å². The molecule has 0 bridgehead atoms. The van der Waals surface area contributed by atoms with Crippen LogP contribution in [0, 0.1) is 0 Å². The van der Waals surface area contributed by atoms with Crippen LogP contribution in [-0.2, 0) is 9.53 Å². The molecule has 1 aromatic rings. The lowest BCUT2D eigenvalue weighted by molar-refractivity contribution is -0.119. The molecular formula is C12H18O2S2. The van der Waals surface area contributed by atoms with Crippen LogP contribution in [0.5, 0.6) is 0 Å². The van der Waals surface area contributed by atoms with Crippen LogP contribution in [-0.4, -0.2) is 24.7 Å². The van der Waals surface area contributed by atoms with Crippen LogP contribution >= 0.6 is 23.1 Å². The van der Waals surface area contributed by atoms with Crippen molar-refractivity contribution in [2.45, 2.75) is 36.5 Å². The fourth-order valence-corrected chi connectivity index (χ4v) is 3.28. The van der Waals surface area contributed by atoms with E-state index in [0.717, 1.165) is 18.6 Å². The highest BCUT2D eigenvalue weighted by Gasteiger charge is 2.09. The fourth-order valence-electron chi connectivity index (χ4n) is 1.45. The van der Waals surface area contributed by atoms with Crippen molar-refractivity contribution >= 4 is 28.9 Å². The van der Waals surface area contributed by atoms with Crippen LogP contribution in [0.25, 0.3) is 0 Å². The van der Waals surface area contributed by atoms with Crippen LogP contribution < -0.4 is 0 Å². The highest BCUT2D eigenvalue weighted by molar-refractivity contribution is 8.01. The van der Waals surface area contributed by atoms with Gasteiger partial charge in [-0.15, -0.1) is 23.1 Å². The summed E-state index contributed by atoms with van der Waals surface area (Å²) in [4.78, 5) is 10.9. The first-order valence-corrected chi connectivity index (χ1v) is 7.27. The Hall–Kier alpha value is -0.320. The van der Waals surface area contributed by atoms with E-state index in [0.29, 0.717) is 6.42 Å². The number of carbonyl (C=O) groups excluding carboxylic acids is 1. The van der Waals surface area contributed by atoms with Crippen molar-refractivity contribution in [3.63, 3.8) is 0 Å². The third-order valence-corrected chi connectivity index (χ3v) is 4.48. The highest BCUT2D eigenvalue weighted by atomic mass is 32.2. The Morgan fingerprint density at radius 3 is 3.00 bits per heavy atom. The summed E-state index contributed by atoms with van der Waals surface area (Å²) in [5, 5.41) is 2.09. The van der Waals surface area contributed by atoms with E-state index in [1.54, 1.807) is 25.4 Å². The summed E-state index contributed by atoms with van der Waals surface area (Å²) in [5.41, 5.74) is 0. The number of thioether (sulfide) groups is 1. The average molecular weight is 258 g/mol. The molecule has 0 aliphatic carbocycles. The summed E-state index contributed by atoms with van der Waals surface area (Å²) in [5.74, 6) is 1.30. The first-order chi connectivity index (χ1) is 7.72. The largest absolute Gasteiger partial charge is 0.381 e. The number of hydrogen-bond donors (Lipinski definition) is 0. The van der Waals surface area contributed by atoms with Gasteiger partial charge in [-0.25, -0.2) is 0 Å². The van der Waals surface area contributed by atoms with Crippen molar-refractivity contribution in [2.75, 3.05) is 12.9 Å². The molecule has 0 aliphatic rings. The first kappa shape index (κ1) is 13.7. The van der Waals surface area contributed by atoms with E-state index >= 15 is 0 Å². The lowest BCUT2D eigenvalue weighted by atomic mass is 10.1. The third-order valence-electron chi connectivity index (χ3n) is 2.26. The molecule has 1 heterocycles. The Morgan fingerprint density at radius 1 is 1.62 bits per heavy atom. The zero-order valence-corrected chi connectivity index (χ0v) is 11.4. The minimum atomic E-state index is 0.0986. The number of ketones is 1. The SMILES string of the molecule is COC(CCCSc1cccs1)CC(C)=O. The molecule has 0 N–H and O–H groups in total. The van der Waals surface area contributed by atoms with Gasteiger partial charge in [0.15, 0.2) is 0 Å². The summed E-state index contributed by atoms with van der Waals surface area (Å²) < 4.78 is 6.63.